The van der Waals surface area contributed by atoms with Gasteiger partial charge >= 0.3 is 12.1 Å². The van der Waals surface area contributed by atoms with Crippen molar-refractivity contribution in [3.63, 3.8) is 0 Å². The second-order valence-electron chi connectivity index (χ2n) is 14.3. The Labute approximate surface area is 300 Å². The zero-order valence-corrected chi connectivity index (χ0v) is 30.3. The van der Waals surface area contributed by atoms with Crippen molar-refractivity contribution in [1.29, 1.82) is 0 Å². The van der Waals surface area contributed by atoms with Crippen LogP contribution in [0.5, 0.6) is 11.5 Å². The number of benzene rings is 1. The molecule has 1 saturated heterocycles. The molecule has 3 aromatic heterocycles. The Morgan fingerprint density at radius 3 is 2.41 bits per heavy atom. The van der Waals surface area contributed by atoms with Crippen molar-refractivity contribution in [2.45, 2.75) is 71.7 Å². The SMILES string of the molecule is CC(C)[C@H](NC(=O)OC(C)(C)C)C(=O)N1CCN(Cc2ccc(-c3cc4nccc(Oc5ccc(NC(=O)NC6CC6)cc5F)c4s3)nc2)CC1. The first-order chi connectivity index (χ1) is 24.3. The number of rotatable bonds is 10. The average molecular weight is 718 g/mol. The van der Waals surface area contributed by atoms with Gasteiger partial charge in [0.2, 0.25) is 5.91 Å². The van der Waals surface area contributed by atoms with E-state index in [1.54, 1.807) is 39.1 Å². The van der Waals surface area contributed by atoms with Crippen LogP contribution in [0.15, 0.2) is 54.9 Å². The molecule has 2 aliphatic rings. The van der Waals surface area contributed by atoms with Gasteiger partial charge < -0.3 is 30.3 Å². The Balaban J connectivity index is 1.04. The Morgan fingerprint density at radius 2 is 1.76 bits per heavy atom. The summed E-state index contributed by atoms with van der Waals surface area (Å²) >= 11 is 1.46. The maximum atomic E-state index is 15.0. The van der Waals surface area contributed by atoms with Crippen LogP contribution in [-0.2, 0) is 16.1 Å². The summed E-state index contributed by atoms with van der Waals surface area (Å²) in [7, 11) is 0. The summed E-state index contributed by atoms with van der Waals surface area (Å²) in [4.78, 5) is 51.9. The highest BCUT2D eigenvalue weighted by Crippen LogP contribution is 2.39. The van der Waals surface area contributed by atoms with E-state index >= 15 is 0 Å². The number of amides is 4. The molecular formula is C37H44FN7O5S. The number of thiophene rings is 1. The number of hydrogen-bond acceptors (Lipinski definition) is 9. The number of ether oxygens (including phenoxy) is 2. The van der Waals surface area contributed by atoms with Gasteiger partial charge in [-0.05, 0) is 69.4 Å². The lowest BCUT2D eigenvalue weighted by Gasteiger charge is -2.37. The zero-order valence-electron chi connectivity index (χ0n) is 29.5. The normalized spacial score (nSPS) is 15.8. The lowest BCUT2D eigenvalue weighted by Crippen LogP contribution is -2.56. The van der Waals surface area contributed by atoms with E-state index in [0.29, 0.717) is 49.7 Å². The molecule has 12 nitrogen and oxygen atoms in total. The first-order valence-electron chi connectivity index (χ1n) is 17.2. The number of nitrogens with one attached hydrogen (secondary N) is 3. The summed E-state index contributed by atoms with van der Waals surface area (Å²) in [6, 6.07) is 11.2. The number of urea groups is 1. The predicted molar refractivity (Wildman–Crippen MR) is 194 cm³/mol. The molecule has 4 aromatic rings. The van der Waals surface area contributed by atoms with Crippen LogP contribution in [0.2, 0.25) is 0 Å². The number of aromatic nitrogens is 2. The summed E-state index contributed by atoms with van der Waals surface area (Å²) in [5, 5.41) is 8.23. The number of piperazine rings is 1. The Hall–Kier alpha value is -4.82. The fourth-order valence-corrected chi connectivity index (χ4v) is 6.72. The molecule has 1 aliphatic heterocycles. The van der Waals surface area contributed by atoms with Gasteiger partial charge in [-0.15, -0.1) is 11.3 Å². The van der Waals surface area contributed by atoms with Gasteiger partial charge in [0.25, 0.3) is 0 Å². The summed E-state index contributed by atoms with van der Waals surface area (Å²) in [6.45, 7) is 12.4. The van der Waals surface area contributed by atoms with E-state index in [9.17, 15) is 18.8 Å². The van der Waals surface area contributed by atoms with Crippen LogP contribution in [0.3, 0.4) is 0 Å². The van der Waals surface area contributed by atoms with Crippen LogP contribution in [0.1, 0.15) is 53.0 Å². The number of carbonyl (C=O) groups is 3. The van der Waals surface area contributed by atoms with Gasteiger partial charge in [-0.2, -0.15) is 0 Å². The first kappa shape index (κ1) is 36.0. The third kappa shape index (κ3) is 9.50. The lowest BCUT2D eigenvalue weighted by atomic mass is 10.0. The second kappa shape index (κ2) is 15.2. The van der Waals surface area contributed by atoms with E-state index in [-0.39, 0.29) is 29.6 Å². The molecule has 4 heterocycles. The van der Waals surface area contributed by atoms with Crippen molar-refractivity contribution in [3.8, 4) is 22.1 Å². The van der Waals surface area contributed by atoms with Gasteiger partial charge in [0, 0.05) is 69.0 Å². The highest BCUT2D eigenvalue weighted by molar-refractivity contribution is 7.22. The van der Waals surface area contributed by atoms with Crippen LogP contribution < -0.4 is 20.7 Å². The molecule has 2 fully saturated rings. The summed E-state index contributed by atoms with van der Waals surface area (Å²) in [5.74, 6) is -0.272. The number of carbonyl (C=O) groups excluding carboxylic acids is 3. The number of pyridine rings is 2. The molecule has 4 amide bonds. The highest BCUT2D eigenvalue weighted by Gasteiger charge is 2.32. The smallest absolute Gasteiger partial charge is 0.408 e. The first-order valence-corrected chi connectivity index (χ1v) is 18.0. The van der Waals surface area contributed by atoms with Gasteiger partial charge in [0.1, 0.15) is 17.4 Å². The fourth-order valence-electron chi connectivity index (χ4n) is 5.67. The van der Waals surface area contributed by atoms with Gasteiger partial charge in [-0.25, -0.2) is 14.0 Å². The Bertz CT molecular complexity index is 1880. The minimum Gasteiger partial charge on any atom is -0.453 e. The van der Waals surface area contributed by atoms with Gasteiger partial charge in [-0.1, -0.05) is 19.9 Å². The molecule has 1 atom stereocenters. The van der Waals surface area contributed by atoms with Crippen molar-refractivity contribution >= 4 is 45.3 Å². The largest absolute Gasteiger partial charge is 0.453 e. The summed E-state index contributed by atoms with van der Waals surface area (Å²) in [5.41, 5.74) is 2.24. The third-order valence-corrected chi connectivity index (χ3v) is 9.63. The minimum atomic E-state index is -0.655. The molecule has 6 rings (SSSR count). The van der Waals surface area contributed by atoms with Crippen molar-refractivity contribution in [1.82, 2.24) is 30.4 Å². The number of hydrogen-bond donors (Lipinski definition) is 3. The van der Waals surface area contributed by atoms with E-state index in [4.69, 9.17) is 14.5 Å². The van der Waals surface area contributed by atoms with Crippen LogP contribution in [0.25, 0.3) is 20.8 Å². The van der Waals surface area contributed by atoms with Gasteiger partial charge in [0.15, 0.2) is 11.6 Å². The second-order valence-corrected chi connectivity index (χ2v) is 15.3. The fraction of sp³-hybridized carbons (Fsp3) is 0.432. The quantitative estimate of drug-likeness (QED) is 0.164. The third-order valence-electron chi connectivity index (χ3n) is 8.47. The van der Waals surface area contributed by atoms with Crippen molar-refractivity contribution in [2.75, 3.05) is 31.5 Å². The molecule has 14 heteroatoms. The predicted octanol–water partition coefficient (Wildman–Crippen LogP) is 6.77. The molecule has 0 unspecified atom stereocenters. The van der Waals surface area contributed by atoms with Crippen LogP contribution in [0.4, 0.5) is 19.7 Å². The average Bonchev–Trinajstić information content (AvgIpc) is 3.77. The van der Waals surface area contributed by atoms with Crippen molar-refractivity contribution in [2.24, 2.45) is 5.92 Å². The molecule has 0 radical (unpaired) electrons. The molecule has 1 aliphatic carbocycles. The molecule has 1 aromatic carbocycles. The highest BCUT2D eigenvalue weighted by atomic mass is 32.1. The van der Waals surface area contributed by atoms with Crippen LogP contribution >= 0.6 is 11.3 Å². The number of nitrogens with zero attached hydrogens (tertiary/aromatic N) is 4. The minimum absolute atomic E-state index is 0.0375. The monoisotopic (exact) mass is 717 g/mol. The number of anilines is 1. The Morgan fingerprint density at radius 1 is 1.00 bits per heavy atom. The summed E-state index contributed by atoms with van der Waals surface area (Å²) in [6.07, 6.45) is 4.81. The molecule has 1 saturated carbocycles. The Kier molecular flexibility index (Phi) is 10.7. The topological polar surface area (TPSA) is 138 Å². The van der Waals surface area contributed by atoms with E-state index < -0.39 is 23.6 Å². The lowest BCUT2D eigenvalue weighted by molar-refractivity contribution is -0.136. The number of fused-ring (bicyclic) bond motifs is 1. The van der Waals surface area contributed by atoms with E-state index in [1.165, 1.54) is 23.5 Å². The molecule has 0 bridgehead atoms. The molecule has 3 N–H and O–H groups in total. The van der Waals surface area contributed by atoms with Gasteiger partial charge in [-0.3, -0.25) is 19.7 Å². The van der Waals surface area contributed by atoms with Crippen LogP contribution in [0, 0.1) is 11.7 Å². The van der Waals surface area contributed by atoms with E-state index in [1.807, 2.05) is 43.1 Å². The number of halogens is 1. The molecule has 0 spiro atoms. The van der Waals surface area contributed by atoms with Crippen molar-refractivity contribution < 1.29 is 28.2 Å². The zero-order chi connectivity index (χ0) is 36.3. The molecular weight excluding hydrogens is 674 g/mol. The van der Waals surface area contributed by atoms with Gasteiger partial charge in [0.05, 0.1) is 20.8 Å². The van der Waals surface area contributed by atoms with Crippen LogP contribution in [-0.4, -0.2) is 81.7 Å². The van der Waals surface area contributed by atoms with E-state index in [2.05, 4.69) is 25.8 Å². The molecule has 270 valence electrons. The maximum absolute atomic E-state index is 15.0. The molecule has 51 heavy (non-hydrogen) atoms. The van der Waals surface area contributed by atoms with Crippen molar-refractivity contribution in [3.05, 3.63) is 66.2 Å². The maximum Gasteiger partial charge on any atom is 0.408 e. The summed E-state index contributed by atoms with van der Waals surface area (Å²) < 4.78 is 27.1. The number of alkyl carbamates (subject to hydrolysis) is 1. The van der Waals surface area contributed by atoms with E-state index in [0.717, 1.165) is 33.7 Å². The standard InChI is InChI=1S/C37H44FN7O5S/c1-22(2)32(43-36(48)50-37(3,4)5)34(46)45-16-14-44(15-17-45)21-23-6-10-27(40-20-23)31-19-28-33(51-31)30(12-13-39-28)49-29-11-9-25(18-26(29)38)42-35(47)41-24-7-8-24/h6,9-13,18-20,22,24,32H,7-8,14-17,21H2,1-5H3,(H,43,48)(H2,41,42,47)/t32-/m0/s1.